The van der Waals surface area contributed by atoms with Gasteiger partial charge in [-0.05, 0) is 66.6 Å². The number of furan rings is 1. The maximum absolute atomic E-state index is 13.7. The van der Waals surface area contributed by atoms with Crippen LogP contribution in [0, 0.1) is 5.82 Å². The van der Waals surface area contributed by atoms with E-state index in [0.29, 0.717) is 48.0 Å². The lowest BCUT2D eigenvalue weighted by Gasteiger charge is -2.34. The molecule has 1 fully saturated rings. The number of rotatable bonds is 9. The first kappa shape index (κ1) is 30.7. The molecule has 0 aliphatic carbocycles. The Morgan fingerprint density at radius 1 is 1.07 bits per heavy atom. The van der Waals surface area contributed by atoms with Crippen molar-refractivity contribution in [1.82, 2.24) is 9.62 Å². The third kappa shape index (κ3) is 6.46. The van der Waals surface area contributed by atoms with Crippen LogP contribution in [0.5, 0.6) is 0 Å². The van der Waals surface area contributed by atoms with E-state index in [1.807, 2.05) is 30.3 Å². The molecular formula is C31H34FN3O6S2. The highest BCUT2D eigenvalue weighted by Gasteiger charge is 2.33. The lowest BCUT2D eigenvalue weighted by molar-refractivity contribution is 0.0964. The largest absolute Gasteiger partial charge is 0.455 e. The summed E-state index contributed by atoms with van der Waals surface area (Å²) in [7, 11) is -4.39. The van der Waals surface area contributed by atoms with Crippen molar-refractivity contribution in [2.45, 2.75) is 25.2 Å². The van der Waals surface area contributed by atoms with Crippen molar-refractivity contribution in [3.63, 3.8) is 0 Å². The minimum atomic E-state index is -3.71. The van der Waals surface area contributed by atoms with E-state index in [-0.39, 0.29) is 35.1 Å². The zero-order chi connectivity index (χ0) is 30.9. The second-order valence-electron chi connectivity index (χ2n) is 10.8. The van der Waals surface area contributed by atoms with Crippen LogP contribution in [0.1, 0.15) is 40.2 Å². The average molecular weight is 628 g/mol. The number of amides is 1. The summed E-state index contributed by atoms with van der Waals surface area (Å²) in [6, 6.07) is 18.3. The Labute approximate surface area is 251 Å². The van der Waals surface area contributed by atoms with Gasteiger partial charge in [0.05, 0.1) is 23.3 Å². The molecule has 1 amide bonds. The molecule has 1 aliphatic rings. The SMILES string of the molecule is CNC(=O)c1c(-c2ccc(F)cc2)oc2cc(N(C)S(C)(=O)=O)c([C@@H]3CCCN(S(=O)(=O)CCc4ccccc4)C3)cc12. The number of nitrogens with one attached hydrogen (secondary N) is 1. The van der Waals surface area contributed by atoms with Gasteiger partial charge < -0.3 is 9.73 Å². The smallest absolute Gasteiger partial charge is 0.255 e. The summed E-state index contributed by atoms with van der Waals surface area (Å²) in [5, 5.41) is 3.08. The highest BCUT2D eigenvalue weighted by atomic mass is 32.2. The quantitative estimate of drug-likeness (QED) is 0.287. The van der Waals surface area contributed by atoms with Gasteiger partial charge in [0.2, 0.25) is 20.0 Å². The molecule has 0 radical (unpaired) electrons. The molecule has 1 aromatic heterocycles. The van der Waals surface area contributed by atoms with Crippen LogP contribution in [0.3, 0.4) is 0 Å². The average Bonchev–Trinajstić information content (AvgIpc) is 3.37. The molecule has 3 aromatic carbocycles. The Morgan fingerprint density at radius 2 is 1.77 bits per heavy atom. The first-order valence-corrected chi connectivity index (χ1v) is 17.4. The molecule has 0 spiro atoms. The van der Waals surface area contributed by atoms with E-state index < -0.39 is 31.8 Å². The zero-order valence-corrected chi connectivity index (χ0v) is 25.8. The molecule has 9 nitrogen and oxygen atoms in total. The second kappa shape index (κ2) is 12.1. The molecular weight excluding hydrogens is 593 g/mol. The highest BCUT2D eigenvalue weighted by molar-refractivity contribution is 7.92. The molecule has 1 N–H and O–H groups in total. The zero-order valence-electron chi connectivity index (χ0n) is 24.2. The van der Waals surface area contributed by atoms with Crippen molar-refractivity contribution in [3.8, 4) is 11.3 Å². The summed E-state index contributed by atoms with van der Waals surface area (Å²) in [6.07, 6.45) is 2.68. The predicted molar refractivity (Wildman–Crippen MR) is 166 cm³/mol. The van der Waals surface area contributed by atoms with Gasteiger partial charge in [-0.25, -0.2) is 25.5 Å². The number of carbonyl (C=O) groups is 1. The van der Waals surface area contributed by atoms with Gasteiger partial charge in [0.1, 0.15) is 17.2 Å². The fraction of sp³-hybridized carbons (Fsp3) is 0.323. The van der Waals surface area contributed by atoms with Crippen LogP contribution in [0.25, 0.3) is 22.3 Å². The Kier molecular flexibility index (Phi) is 8.64. The maximum Gasteiger partial charge on any atom is 0.255 e. The van der Waals surface area contributed by atoms with Crippen LogP contribution >= 0.6 is 0 Å². The summed E-state index contributed by atoms with van der Waals surface area (Å²) >= 11 is 0. The van der Waals surface area contributed by atoms with E-state index in [1.54, 1.807) is 12.1 Å². The van der Waals surface area contributed by atoms with E-state index in [1.165, 1.54) is 42.7 Å². The third-order valence-corrected chi connectivity index (χ3v) is 11.0. The minimum Gasteiger partial charge on any atom is -0.455 e. The number of nitrogens with zero attached hydrogens (tertiary/aromatic N) is 2. The van der Waals surface area contributed by atoms with Gasteiger partial charge in [-0.15, -0.1) is 0 Å². The molecule has 2 heterocycles. The summed E-state index contributed by atoms with van der Waals surface area (Å²) < 4.78 is 74.7. The van der Waals surface area contributed by atoms with E-state index in [4.69, 9.17) is 4.42 Å². The van der Waals surface area contributed by atoms with Crippen LogP contribution in [0.15, 0.2) is 71.1 Å². The van der Waals surface area contributed by atoms with Gasteiger partial charge in [0, 0.05) is 44.2 Å². The van der Waals surface area contributed by atoms with Gasteiger partial charge >= 0.3 is 0 Å². The number of benzene rings is 3. The standard InChI is InChI=1S/C31H34FN3O6S2/c1-33-31(36)29-26-18-25(23-10-7-16-35(20-23)43(39,40)17-15-21-8-5-4-6-9-21)27(34(2)42(3,37)38)19-28(26)41-30(29)22-11-13-24(32)14-12-22/h4-6,8-9,11-14,18-19,23H,7,10,15-17,20H2,1-3H3,(H,33,36)/t23-/m1/s1. The summed E-state index contributed by atoms with van der Waals surface area (Å²) in [5.41, 5.74) is 2.84. The summed E-state index contributed by atoms with van der Waals surface area (Å²) in [6.45, 7) is 0.544. The molecule has 43 heavy (non-hydrogen) atoms. The molecule has 1 atom stereocenters. The number of hydrogen-bond acceptors (Lipinski definition) is 6. The van der Waals surface area contributed by atoms with Crippen molar-refractivity contribution in [2.75, 3.05) is 43.5 Å². The Morgan fingerprint density at radius 3 is 2.42 bits per heavy atom. The predicted octanol–water partition coefficient (Wildman–Crippen LogP) is 4.75. The topological polar surface area (TPSA) is 117 Å². The maximum atomic E-state index is 13.7. The molecule has 0 bridgehead atoms. The monoisotopic (exact) mass is 627 g/mol. The Bertz CT molecular complexity index is 1860. The van der Waals surface area contributed by atoms with Gasteiger partial charge in [-0.1, -0.05) is 30.3 Å². The number of hydrogen-bond donors (Lipinski definition) is 1. The van der Waals surface area contributed by atoms with Crippen molar-refractivity contribution >= 4 is 42.6 Å². The van der Waals surface area contributed by atoms with E-state index in [0.717, 1.165) is 16.1 Å². The van der Waals surface area contributed by atoms with Crippen LogP contribution in [0.4, 0.5) is 10.1 Å². The number of sulfonamides is 2. The summed E-state index contributed by atoms with van der Waals surface area (Å²) in [4.78, 5) is 13.1. The van der Waals surface area contributed by atoms with Crippen LogP contribution in [-0.4, -0.2) is 66.2 Å². The number of fused-ring (bicyclic) bond motifs is 1. The Hall–Kier alpha value is -3.74. The highest BCUT2D eigenvalue weighted by Crippen LogP contribution is 2.42. The molecule has 1 aliphatic heterocycles. The summed E-state index contributed by atoms with van der Waals surface area (Å²) in [5.74, 6) is -1.04. The Balaban J connectivity index is 1.59. The van der Waals surface area contributed by atoms with Gasteiger partial charge in [0.15, 0.2) is 0 Å². The lowest BCUT2D eigenvalue weighted by atomic mass is 9.89. The van der Waals surface area contributed by atoms with Gasteiger partial charge in [-0.2, -0.15) is 0 Å². The molecule has 0 saturated carbocycles. The minimum absolute atomic E-state index is 0.0392. The van der Waals surface area contributed by atoms with Gasteiger partial charge in [-0.3, -0.25) is 9.10 Å². The number of carbonyl (C=O) groups excluding carboxylic acids is 1. The van der Waals surface area contributed by atoms with Crippen LogP contribution in [0.2, 0.25) is 0 Å². The third-order valence-electron chi connectivity index (χ3n) is 7.94. The van der Waals surface area contributed by atoms with Crippen LogP contribution < -0.4 is 9.62 Å². The molecule has 12 heteroatoms. The number of halogens is 1. The molecule has 0 unspecified atom stereocenters. The van der Waals surface area contributed by atoms with Crippen molar-refractivity contribution in [1.29, 1.82) is 0 Å². The molecule has 4 aromatic rings. The lowest BCUT2D eigenvalue weighted by Crippen LogP contribution is -2.41. The van der Waals surface area contributed by atoms with Crippen LogP contribution in [-0.2, 0) is 26.5 Å². The van der Waals surface area contributed by atoms with Crippen molar-refractivity contribution in [2.24, 2.45) is 0 Å². The fourth-order valence-corrected chi connectivity index (χ4v) is 7.63. The first-order chi connectivity index (χ1) is 20.4. The normalized spacial score (nSPS) is 16.3. The molecule has 1 saturated heterocycles. The van der Waals surface area contributed by atoms with Gasteiger partial charge in [0.25, 0.3) is 5.91 Å². The first-order valence-electron chi connectivity index (χ1n) is 13.9. The second-order valence-corrected chi connectivity index (χ2v) is 14.9. The number of piperidine rings is 1. The van der Waals surface area contributed by atoms with E-state index in [9.17, 15) is 26.0 Å². The molecule has 228 valence electrons. The number of anilines is 1. The molecule has 5 rings (SSSR count). The van der Waals surface area contributed by atoms with Crippen molar-refractivity contribution < 1.29 is 30.4 Å². The number of aryl methyl sites for hydroxylation is 1. The van der Waals surface area contributed by atoms with E-state index in [2.05, 4.69) is 5.32 Å². The van der Waals surface area contributed by atoms with E-state index >= 15 is 0 Å². The fourth-order valence-electron chi connectivity index (χ4n) is 5.55. The van der Waals surface area contributed by atoms with Crippen molar-refractivity contribution in [3.05, 3.63) is 89.2 Å².